The summed E-state index contributed by atoms with van der Waals surface area (Å²) in [5.74, 6) is 0. The van der Waals surface area contributed by atoms with E-state index < -0.39 is 0 Å². The van der Waals surface area contributed by atoms with Gasteiger partial charge in [-0.15, -0.1) is 0 Å². The molecule has 0 bridgehead atoms. The van der Waals surface area contributed by atoms with Crippen LogP contribution in [0.15, 0.2) is 42.5 Å². The van der Waals surface area contributed by atoms with E-state index in [9.17, 15) is 0 Å². The predicted molar refractivity (Wildman–Crippen MR) is 103 cm³/mol. The Morgan fingerprint density at radius 2 is 1.26 bits per heavy atom. The predicted octanol–water partition coefficient (Wildman–Crippen LogP) is 6.40. The Morgan fingerprint density at radius 1 is 0.696 bits per heavy atom. The maximum Gasteiger partial charge on any atom is 0.0396 e. The monoisotopic (exact) mass is 309 g/mol. The second kappa shape index (κ2) is 9.39. The molecule has 0 amide bonds. The first-order chi connectivity index (χ1) is 11.2. The molecule has 0 aromatic heterocycles. The van der Waals surface area contributed by atoms with Crippen molar-refractivity contribution in [2.24, 2.45) is 0 Å². The lowest BCUT2D eigenvalue weighted by molar-refractivity contribution is 0.717. The van der Waals surface area contributed by atoms with Gasteiger partial charge in [0.05, 0.1) is 0 Å². The van der Waals surface area contributed by atoms with Crippen LogP contribution < -0.4 is 5.73 Å². The third-order valence-corrected chi connectivity index (χ3v) is 4.52. The maximum atomic E-state index is 6.29. The van der Waals surface area contributed by atoms with Gasteiger partial charge >= 0.3 is 0 Å². The van der Waals surface area contributed by atoms with Crippen molar-refractivity contribution >= 4 is 5.69 Å². The van der Waals surface area contributed by atoms with Gasteiger partial charge in [-0.05, 0) is 48.4 Å². The number of hydrogen-bond acceptors (Lipinski definition) is 1. The van der Waals surface area contributed by atoms with E-state index in [1.807, 2.05) is 0 Å². The van der Waals surface area contributed by atoms with Crippen LogP contribution in [0.4, 0.5) is 5.69 Å². The molecular weight excluding hydrogens is 278 g/mol. The fourth-order valence-electron chi connectivity index (χ4n) is 3.04. The van der Waals surface area contributed by atoms with Gasteiger partial charge in [-0.2, -0.15) is 0 Å². The standard InChI is InChI=1S/C22H31N/c1-3-5-7-9-18-11-14-20(15-12-18)21-16-13-19(17-22(21)23)10-8-6-4-2/h11-17H,3-10,23H2,1-2H3. The molecule has 0 aliphatic carbocycles. The van der Waals surface area contributed by atoms with E-state index in [0.717, 1.165) is 17.7 Å². The number of anilines is 1. The van der Waals surface area contributed by atoms with Gasteiger partial charge in [-0.3, -0.25) is 0 Å². The highest BCUT2D eigenvalue weighted by atomic mass is 14.6. The second-order valence-electron chi connectivity index (χ2n) is 6.53. The Balaban J connectivity index is 2.03. The zero-order chi connectivity index (χ0) is 16.5. The van der Waals surface area contributed by atoms with Gasteiger partial charge in [0.2, 0.25) is 0 Å². The minimum atomic E-state index is 0.901. The maximum absolute atomic E-state index is 6.29. The van der Waals surface area contributed by atoms with E-state index in [4.69, 9.17) is 5.73 Å². The molecule has 0 heterocycles. The lowest BCUT2D eigenvalue weighted by Gasteiger charge is -2.10. The molecule has 1 heteroatoms. The van der Waals surface area contributed by atoms with Gasteiger partial charge in [-0.1, -0.05) is 75.9 Å². The zero-order valence-electron chi connectivity index (χ0n) is 14.8. The molecule has 0 aliphatic heterocycles. The topological polar surface area (TPSA) is 26.0 Å². The molecule has 2 rings (SSSR count). The summed E-state index contributed by atoms with van der Waals surface area (Å²) in [7, 11) is 0. The van der Waals surface area contributed by atoms with Crippen LogP contribution in [0, 0.1) is 0 Å². The van der Waals surface area contributed by atoms with Crippen molar-refractivity contribution < 1.29 is 0 Å². The summed E-state index contributed by atoms with van der Waals surface area (Å²) in [5.41, 5.74) is 12.4. The summed E-state index contributed by atoms with van der Waals surface area (Å²) in [6.07, 6.45) is 9.99. The number of rotatable bonds is 9. The Kier molecular flexibility index (Phi) is 7.19. The Hall–Kier alpha value is -1.76. The van der Waals surface area contributed by atoms with Crippen LogP contribution in [-0.4, -0.2) is 0 Å². The van der Waals surface area contributed by atoms with Crippen LogP contribution in [0.1, 0.15) is 63.5 Å². The minimum Gasteiger partial charge on any atom is -0.398 e. The number of benzene rings is 2. The van der Waals surface area contributed by atoms with Crippen LogP contribution in [0.3, 0.4) is 0 Å². The van der Waals surface area contributed by atoms with Gasteiger partial charge in [0.25, 0.3) is 0 Å². The van der Waals surface area contributed by atoms with Crippen LogP contribution in [0.2, 0.25) is 0 Å². The summed E-state index contributed by atoms with van der Waals surface area (Å²) in [6, 6.07) is 15.5. The van der Waals surface area contributed by atoms with Gasteiger partial charge in [0.1, 0.15) is 0 Å². The summed E-state index contributed by atoms with van der Waals surface area (Å²) >= 11 is 0. The highest BCUT2D eigenvalue weighted by Crippen LogP contribution is 2.28. The first-order valence-corrected chi connectivity index (χ1v) is 9.22. The number of nitrogen functional groups attached to an aromatic ring is 1. The number of hydrogen-bond donors (Lipinski definition) is 1. The van der Waals surface area contributed by atoms with Crippen molar-refractivity contribution in [1.29, 1.82) is 0 Å². The molecule has 0 spiro atoms. The molecule has 23 heavy (non-hydrogen) atoms. The van der Waals surface area contributed by atoms with Crippen molar-refractivity contribution in [3.8, 4) is 11.1 Å². The second-order valence-corrected chi connectivity index (χ2v) is 6.53. The van der Waals surface area contributed by atoms with E-state index in [2.05, 4.69) is 56.3 Å². The van der Waals surface area contributed by atoms with Crippen molar-refractivity contribution in [2.45, 2.75) is 65.2 Å². The molecule has 2 N–H and O–H groups in total. The first kappa shape index (κ1) is 17.6. The third-order valence-electron chi connectivity index (χ3n) is 4.52. The minimum absolute atomic E-state index is 0.901. The average Bonchev–Trinajstić information content (AvgIpc) is 2.56. The molecule has 0 saturated heterocycles. The largest absolute Gasteiger partial charge is 0.398 e. The van der Waals surface area contributed by atoms with Crippen LogP contribution >= 0.6 is 0 Å². The number of nitrogens with two attached hydrogens (primary N) is 1. The third kappa shape index (κ3) is 5.42. The molecule has 0 atom stereocenters. The van der Waals surface area contributed by atoms with Crippen LogP contribution in [0.25, 0.3) is 11.1 Å². The molecule has 0 aliphatic rings. The normalized spacial score (nSPS) is 10.9. The molecule has 2 aromatic rings. The quantitative estimate of drug-likeness (QED) is 0.421. The highest BCUT2D eigenvalue weighted by Gasteiger charge is 2.04. The Labute approximate surface area is 141 Å². The molecule has 0 radical (unpaired) electrons. The number of unbranched alkanes of at least 4 members (excludes halogenated alkanes) is 4. The van der Waals surface area contributed by atoms with Gasteiger partial charge < -0.3 is 5.73 Å². The van der Waals surface area contributed by atoms with Crippen molar-refractivity contribution in [3.63, 3.8) is 0 Å². The molecule has 0 unspecified atom stereocenters. The summed E-state index contributed by atoms with van der Waals surface area (Å²) in [5, 5.41) is 0. The summed E-state index contributed by atoms with van der Waals surface area (Å²) in [4.78, 5) is 0. The van der Waals surface area contributed by atoms with Gasteiger partial charge in [-0.25, -0.2) is 0 Å². The van der Waals surface area contributed by atoms with Crippen LogP contribution in [0.5, 0.6) is 0 Å². The van der Waals surface area contributed by atoms with Crippen LogP contribution in [-0.2, 0) is 12.8 Å². The highest BCUT2D eigenvalue weighted by molar-refractivity contribution is 5.76. The molecule has 2 aromatic carbocycles. The first-order valence-electron chi connectivity index (χ1n) is 9.22. The molecule has 0 saturated carbocycles. The van der Waals surface area contributed by atoms with E-state index >= 15 is 0 Å². The smallest absolute Gasteiger partial charge is 0.0396 e. The fraction of sp³-hybridized carbons (Fsp3) is 0.455. The molecule has 0 fully saturated rings. The molecule has 1 nitrogen and oxygen atoms in total. The molecule has 124 valence electrons. The Morgan fingerprint density at radius 3 is 1.83 bits per heavy atom. The van der Waals surface area contributed by atoms with Crippen molar-refractivity contribution in [2.75, 3.05) is 5.73 Å². The Bertz CT molecular complexity index is 583. The lowest BCUT2D eigenvalue weighted by Crippen LogP contribution is -1.94. The average molecular weight is 309 g/mol. The lowest BCUT2D eigenvalue weighted by atomic mass is 9.97. The van der Waals surface area contributed by atoms with Gasteiger partial charge in [0.15, 0.2) is 0 Å². The van der Waals surface area contributed by atoms with Gasteiger partial charge in [0, 0.05) is 11.3 Å². The summed E-state index contributed by atoms with van der Waals surface area (Å²) in [6.45, 7) is 4.49. The van der Waals surface area contributed by atoms with E-state index in [1.54, 1.807) is 0 Å². The molecular formula is C22H31N. The SMILES string of the molecule is CCCCCc1ccc(-c2ccc(CCCCC)cc2N)cc1. The van der Waals surface area contributed by atoms with E-state index in [-0.39, 0.29) is 0 Å². The van der Waals surface area contributed by atoms with E-state index in [1.165, 1.54) is 61.6 Å². The van der Waals surface area contributed by atoms with Crippen molar-refractivity contribution in [1.82, 2.24) is 0 Å². The zero-order valence-corrected chi connectivity index (χ0v) is 14.8. The van der Waals surface area contributed by atoms with Crippen molar-refractivity contribution in [3.05, 3.63) is 53.6 Å². The fourth-order valence-corrected chi connectivity index (χ4v) is 3.04. The number of aryl methyl sites for hydroxylation is 2. The summed E-state index contributed by atoms with van der Waals surface area (Å²) < 4.78 is 0. The van der Waals surface area contributed by atoms with E-state index in [0.29, 0.717) is 0 Å².